The quantitative estimate of drug-likeness (QED) is 0.502. The zero-order valence-electron chi connectivity index (χ0n) is 15.7. The summed E-state index contributed by atoms with van der Waals surface area (Å²) in [5.74, 6) is 0. The molecule has 10 nitrogen and oxygen atoms in total. The van der Waals surface area contributed by atoms with Gasteiger partial charge in [-0.15, -0.1) is 0 Å². The van der Waals surface area contributed by atoms with Gasteiger partial charge in [0.1, 0.15) is 4.90 Å². The minimum Gasteiger partial charge on any atom is -0.465 e. The Bertz CT molecular complexity index is 982. The summed E-state index contributed by atoms with van der Waals surface area (Å²) in [6.07, 6.45) is -0.441. The van der Waals surface area contributed by atoms with Crippen molar-refractivity contribution in [1.82, 2.24) is 15.1 Å². The summed E-state index contributed by atoms with van der Waals surface area (Å²) in [5.41, 5.74) is 0.640. The summed E-state index contributed by atoms with van der Waals surface area (Å²) < 4.78 is 27.9. The standard InChI is InChI=1S/C17H22N4O6S/c1-4-14-16(15(5-2)20(19-14)10-11(3)18-17(22)23)28(26,27)13-8-6-12(7-9-13)21(24)25/h6-9,11,18H,4-5,10H2,1-3H3,(H,22,23)/t11-/m0/s1. The van der Waals surface area contributed by atoms with E-state index in [0.717, 1.165) is 12.1 Å². The number of aromatic nitrogens is 2. The molecule has 1 aromatic carbocycles. The highest BCUT2D eigenvalue weighted by Gasteiger charge is 2.29. The van der Waals surface area contributed by atoms with Crippen LogP contribution in [0.25, 0.3) is 0 Å². The largest absolute Gasteiger partial charge is 0.465 e. The number of benzene rings is 1. The fourth-order valence-electron chi connectivity index (χ4n) is 2.95. The lowest BCUT2D eigenvalue weighted by atomic mass is 10.2. The third-order valence-electron chi connectivity index (χ3n) is 4.19. The molecule has 0 fully saturated rings. The number of non-ortho nitro benzene ring substituents is 1. The van der Waals surface area contributed by atoms with Gasteiger partial charge in [-0.25, -0.2) is 13.2 Å². The maximum Gasteiger partial charge on any atom is 0.404 e. The summed E-state index contributed by atoms with van der Waals surface area (Å²) in [5, 5.41) is 26.4. The van der Waals surface area contributed by atoms with Crippen molar-refractivity contribution < 1.29 is 23.2 Å². The topological polar surface area (TPSA) is 144 Å². The first-order valence-corrected chi connectivity index (χ1v) is 10.2. The van der Waals surface area contributed by atoms with Crippen LogP contribution in [-0.4, -0.2) is 40.4 Å². The Morgan fingerprint density at radius 3 is 2.36 bits per heavy atom. The zero-order chi connectivity index (χ0) is 21.1. The number of nitro benzene ring substituents is 1. The average Bonchev–Trinajstić information content (AvgIpc) is 2.99. The van der Waals surface area contributed by atoms with Crippen LogP contribution in [-0.2, 0) is 29.2 Å². The van der Waals surface area contributed by atoms with Crippen LogP contribution in [0.2, 0.25) is 0 Å². The first kappa shape index (κ1) is 21.4. The SMILES string of the molecule is CCc1nn(C[C@H](C)NC(=O)O)c(CC)c1S(=O)(=O)c1ccc([N+](=O)[O-])cc1. The molecule has 1 atom stereocenters. The predicted molar refractivity (Wildman–Crippen MR) is 100 cm³/mol. The third kappa shape index (κ3) is 4.30. The molecule has 0 aliphatic heterocycles. The third-order valence-corrected chi connectivity index (χ3v) is 6.09. The van der Waals surface area contributed by atoms with Crippen molar-refractivity contribution in [2.75, 3.05) is 0 Å². The lowest BCUT2D eigenvalue weighted by molar-refractivity contribution is -0.384. The van der Waals surface area contributed by atoms with Crippen molar-refractivity contribution in [1.29, 1.82) is 0 Å². The molecule has 2 rings (SSSR count). The highest BCUT2D eigenvalue weighted by molar-refractivity contribution is 7.91. The van der Waals surface area contributed by atoms with E-state index in [1.807, 2.05) is 0 Å². The number of rotatable bonds is 8. The summed E-state index contributed by atoms with van der Waals surface area (Å²) >= 11 is 0. The van der Waals surface area contributed by atoms with Gasteiger partial charge in [0.25, 0.3) is 5.69 Å². The second kappa shape index (κ2) is 8.38. The number of carboxylic acid groups (broad SMARTS) is 1. The molecule has 0 unspecified atom stereocenters. The number of nitro groups is 1. The number of nitrogens with one attached hydrogen (secondary N) is 1. The van der Waals surface area contributed by atoms with Crippen LogP contribution < -0.4 is 5.32 Å². The van der Waals surface area contributed by atoms with Gasteiger partial charge in [-0.05, 0) is 31.9 Å². The minimum absolute atomic E-state index is 0.0567. The van der Waals surface area contributed by atoms with Gasteiger partial charge in [0, 0.05) is 18.2 Å². The maximum atomic E-state index is 13.2. The monoisotopic (exact) mass is 410 g/mol. The molecule has 0 saturated carbocycles. The molecule has 0 aliphatic carbocycles. The van der Waals surface area contributed by atoms with E-state index in [2.05, 4.69) is 10.4 Å². The molecular weight excluding hydrogens is 388 g/mol. The zero-order valence-corrected chi connectivity index (χ0v) is 16.6. The van der Waals surface area contributed by atoms with E-state index in [9.17, 15) is 23.3 Å². The number of hydrogen-bond donors (Lipinski definition) is 2. The van der Waals surface area contributed by atoms with Crippen LogP contribution in [0.3, 0.4) is 0 Å². The molecule has 11 heteroatoms. The van der Waals surface area contributed by atoms with Gasteiger partial charge in [-0.1, -0.05) is 13.8 Å². The van der Waals surface area contributed by atoms with Gasteiger partial charge >= 0.3 is 6.09 Å². The van der Waals surface area contributed by atoms with Gasteiger partial charge in [0.15, 0.2) is 0 Å². The van der Waals surface area contributed by atoms with Crippen molar-refractivity contribution >= 4 is 21.6 Å². The van der Waals surface area contributed by atoms with Gasteiger partial charge in [0.05, 0.1) is 27.8 Å². The van der Waals surface area contributed by atoms with Crippen LogP contribution in [0.4, 0.5) is 10.5 Å². The van der Waals surface area contributed by atoms with E-state index in [1.54, 1.807) is 20.8 Å². The van der Waals surface area contributed by atoms with Gasteiger partial charge < -0.3 is 10.4 Å². The molecule has 2 N–H and O–H groups in total. The van der Waals surface area contributed by atoms with E-state index in [0.29, 0.717) is 24.2 Å². The molecule has 0 spiro atoms. The van der Waals surface area contributed by atoms with Crippen molar-refractivity contribution in [3.63, 3.8) is 0 Å². The van der Waals surface area contributed by atoms with Crippen LogP contribution >= 0.6 is 0 Å². The lowest BCUT2D eigenvalue weighted by Gasteiger charge is -2.14. The van der Waals surface area contributed by atoms with E-state index < -0.39 is 26.9 Å². The number of aryl methyl sites for hydroxylation is 1. The Morgan fingerprint density at radius 1 is 1.29 bits per heavy atom. The molecule has 0 bridgehead atoms. The van der Waals surface area contributed by atoms with Crippen LogP contribution in [0.5, 0.6) is 0 Å². The average molecular weight is 410 g/mol. The number of amides is 1. The molecule has 152 valence electrons. The highest BCUT2D eigenvalue weighted by Crippen LogP contribution is 2.29. The lowest BCUT2D eigenvalue weighted by Crippen LogP contribution is -2.35. The van der Waals surface area contributed by atoms with Crippen LogP contribution in [0.1, 0.15) is 32.2 Å². The molecule has 1 heterocycles. The second-order valence-corrected chi connectivity index (χ2v) is 8.10. The van der Waals surface area contributed by atoms with Crippen molar-refractivity contribution in [3.05, 3.63) is 45.8 Å². The Kier molecular flexibility index (Phi) is 6.39. The Hall–Kier alpha value is -2.95. The maximum absolute atomic E-state index is 13.2. The Morgan fingerprint density at radius 2 is 1.89 bits per heavy atom. The summed E-state index contributed by atoms with van der Waals surface area (Å²) in [7, 11) is -3.95. The van der Waals surface area contributed by atoms with E-state index in [4.69, 9.17) is 5.11 Å². The summed E-state index contributed by atoms with van der Waals surface area (Å²) in [6, 6.07) is 4.24. The minimum atomic E-state index is -3.95. The summed E-state index contributed by atoms with van der Waals surface area (Å²) in [6.45, 7) is 5.40. The molecular formula is C17H22N4O6S. The molecule has 28 heavy (non-hydrogen) atoms. The van der Waals surface area contributed by atoms with Gasteiger partial charge in [0.2, 0.25) is 9.84 Å². The molecule has 0 saturated heterocycles. The second-order valence-electron chi connectivity index (χ2n) is 6.22. The normalized spacial score (nSPS) is 12.5. The molecule has 1 amide bonds. The molecule has 2 aromatic rings. The Balaban J connectivity index is 2.53. The fraction of sp³-hybridized carbons (Fsp3) is 0.412. The molecule has 1 aromatic heterocycles. The number of nitrogens with zero attached hydrogens (tertiary/aromatic N) is 3. The first-order valence-electron chi connectivity index (χ1n) is 8.69. The predicted octanol–water partition coefficient (Wildman–Crippen LogP) is 2.41. The van der Waals surface area contributed by atoms with Gasteiger partial charge in [-0.2, -0.15) is 5.10 Å². The van der Waals surface area contributed by atoms with E-state index >= 15 is 0 Å². The van der Waals surface area contributed by atoms with Crippen molar-refractivity contribution in [3.8, 4) is 0 Å². The number of carbonyl (C=O) groups is 1. The van der Waals surface area contributed by atoms with Crippen LogP contribution in [0, 0.1) is 10.1 Å². The Labute approximate surface area is 162 Å². The van der Waals surface area contributed by atoms with E-state index in [-0.39, 0.29) is 22.0 Å². The highest BCUT2D eigenvalue weighted by atomic mass is 32.2. The number of hydrogen-bond acceptors (Lipinski definition) is 6. The molecule has 0 radical (unpaired) electrons. The van der Waals surface area contributed by atoms with Crippen molar-refractivity contribution in [2.24, 2.45) is 0 Å². The van der Waals surface area contributed by atoms with E-state index in [1.165, 1.54) is 16.8 Å². The van der Waals surface area contributed by atoms with Crippen molar-refractivity contribution in [2.45, 2.75) is 56.0 Å². The fourth-order valence-corrected chi connectivity index (χ4v) is 4.74. The molecule has 0 aliphatic rings. The first-order chi connectivity index (χ1) is 13.1. The van der Waals surface area contributed by atoms with Gasteiger partial charge in [-0.3, -0.25) is 14.8 Å². The smallest absolute Gasteiger partial charge is 0.404 e. The number of sulfone groups is 1. The van der Waals surface area contributed by atoms with Crippen LogP contribution in [0.15, 0.2) is 34.1 Å². The summed E-state index contributed by atoms with van der Waals surface area (Å²) in [4.78, 5) is 21.1.